The molecule has 0 saturated carbocycles. The summed E-state index contributed by atoms with van der Waals surface area (Å²) in [5.74, 6) is 0.323. The van der Waals surface area contributed by atoms with Crippen LogP contribution in [0, 0.1) is 0 Å². The molecule has 0 radical (unpaired) electrons. The van der Waals surface area contributed by atoms with E-state index in [0.717, 1.165) is 19.6 Å². The zero-order valence-corrected chi connectivity index (χ0v) is 14.9. The number of methoxy groups -OCH3 is 1. The van der Waals surface area contributed by atoms with E-state index in [-0.39, 0.29) is 18.4 Å². The number of likely N-dealkylation sites (N-methyl/N-ethyl adjacent to an activating group) is 1. The number of hydrogen-bond donors (Lipinski definition) is 1. The molecule has 1 aromatic carbocycles. The Kier molecular flexibility index (Phi) is 8.37. The van der Waals surface area contributed by atoms with Gasteiger partial charge in [0.1, 0.15) is 5.75 Å². The second kappa shape index (κ2) is 9.75. The second-order valence-electron chi connectivity index (χ2n) is 5.79. The first kappa shape index (κ1) is 19.7. The van der Waals surface area contributed by atoms with Gasteiger partial charge >= 0.3 is 5.97 Å². The molecular weight excluding hydrogens is 316 g/mol. The summed E-state index contributed by atoms with van der Waals surface area (Å²) in [4.78, 5) is 13.8. The van der Waals surface area contributed by atoms with E-state index in [2.05, 4.69) is 27.1 Å². The van der Waals surface area contributed by atoms with Crippen molar-refractivity contribution < 1.29 is 14.3 Å². The van der Waals surface area contributed by atoms with E-state index in [9.17, 15) is 4.79 Å². The molecular formula is C17H27ClN2O3. The molecule has 1 aliphatic heterocycles. The number of nitrogens with zero attached hydrogens (tertiary/aromatic N) is 1. The highest BCUT2D eigenvalue weighted by Crippen LogP contribution is 2.17. The van der Waals surface area contributed by atoms with Crippen LogP contribution in [-0.2, 0) is 16.1 Å². The minimum Gasteiger partial charge on any atom is -0.479 e. The Morgan fingerprint density at radius 3 is 2.70 bits per heavy atom. The number of halogens is 1. The van der Waals surface area contributed by atoms with Crippen molar-refractivity contribution in [2.75, 3.05) is 27.2 Å². The summed E-state index contributed by atoms with van der Waals surface area (Å²) in [7, 11) is 3.39. The van der Waals surface area contributed by atoms with E-state index >= 15 is 0 Å². The molecule has 0 bridgehead atoms. The van der Waals surface area contributed by atoms with Crippen molar-refractivity contribution in [1.82, 2.24) is 10.2 Å². The normalized spacial score (nSPS) is 19.5. The Hall–Kier alpha value is -1.30. The fraction of sp³-hybridized carbons (Fsp3) is 0.588. The van der Waals surface area contributed by atoms with Gasteiger partial charge in [-0.05, 0) is 51.1 Å². The second-order valence-corrected chi connectivity index (χ2v) is 5.79. The smallest absolute Gasteiger partial charge is 0.346 e. The Balaban J connectivity index is 0.00000264. The number of likely N-dealkylation sites (tertiary alicyclic amines) is 1. The van der Waals surface area contributed by atoms with Crippen LogP contribution in [0.3, 0.4) is 0 Å². The van der Waals surface area contributed by atoms with Crippen molar-refractivity contribution in [3.8, 4) is 5.75 Å². The van der Waals surface area contributed by atoms with Gasteiger partial charge in [-0.25, -0.2) is 4.79 Å². The summed E-state index contributed by atoms with van der Waals surface area (Å²) in [5, 5.41) is 3.36. The molecule has 2 atom stereocenters. The Morgan fingerprint density at radius 2 is 2.09 bits per heavy atom. The maximum Gasteiger partial charge on any atom is 0.346 e. The largest absolute Gasteiger partial charge is 0.479 e. The number of esters is 1. The van der Waals surface area contributed by atoms with Crippen LogP contribution in [0.4, 0.5) is 0 Å². The van der Waals surface area contributed by atoms with Gasteiger partial charge in [0, 0.05) is 19.1 Å². The van der Waals surface area contributed by atoms with Crippen LogP contribution < -0.4 is 10.1 Å². The van der Waals surface area contributed by atoms with Gasteiger partial charge in [0.2, 0.25) is 0 Å². The highest BCUT2D eigenvalue weighted by molar-refractivity contribution is 5.85. The SMILES string of the molecule is CNC1CCCN(Cc2ccc(OC(C)C(=O)OC)cc2)C1.Cl. The molecule has 1 N–H and O–H groups in total. The van der Waals surface area contributed by atoms with E-state index in [0.29, 0.717) is 11.8 Å². The molecule has 1 aromatic rings. The number of hydrogen-bond acceptors (Lipinski definition) is 5. The minimum atomic E-state index is -0.589. The van der Waals surface area contributed by atoms with E-state index in [4.69, 9.17) is 4.74 Å². The minimum absolute atomic E-state index is 0. The molecule has 0 aromatic heterocycles. The number of piperidine rings is 1. The molecule has 1 aliphatic rings. The monoisotopic (exact) mass is 342 g/mol. The van der Waals surface area contributed by atoms with Gasteiger partial charge < -0.3 is 14.8 Å². The van der Waals surface area contributed by atoms with Gasteiger partial charge in [0.05, 0.1) is 7.11 Å². The molecule has 2 unspecified atom stereocenters. The predicted octanol–water partition coefficient (Wildman–Crippen LogP) is 2.23. The number of carbonyl (C=O) groups is 1. The fourth-order valence-corrected chi connectivity index (χ4v) is 2.78. The first-order valence-corrected chi connectivity index (χ1v) is 7.85. The third-order valence-corrected chi connectivity index (χ3v) is 4.09. The molecule has 0 amide bonds. The number of carbonyl (C=O) groups excluding carboxylic acids is 1. The van der Waals surface area contributed by atoms with Crippen molar-refractivity contribution in [3.63, 3.8) is 0 Å². The Morgan fingerprint density at radius 1 is 1.39 bits per heavy atom. The molecule has 0 aliphatic carbocycles. The highest BCUT2D eigenvalue weighted by Gasteiger charge is 2.18. The van der Waals surface area contributed by atoms with Crippen molar-refractivity contribution in [2.45, 2.75) is 38.5 Å². The zero-order chi connectivity index (χ0) is 15.9. The summed E-state index contributed by atoms with van der Waals surface area (Å²) >= 11 is 0. The zero-order valence-electron chi connectivity index (χ0n) is 14.1. The van der Waals surface area contributed by atoms with E-state index in [1.807, 2.05) is 19.2 Å². The average molecular weight is 343 g/mol. The van der Waals surface area contributed by atoms with Crippen molar-refractivity contribution >= 4 is 18.4 Å². The first-order valence-electron chi connectivity index (χ1n) is 7.85. The molecule has 23 heavy (non-hydrogen) atoms. The Labute approximate surface area is 144 Å². The molecule has 2 rings (SSSR count). The van der Waals surface area contributed by atoms with Gasteiger partial charge in [0.15, 0.2) is 6.10 Å². The summed E-state index contributed by atoms with van der Waals surface area (Å²) in [6, 6.07) is 8.53. The molecule has 1 heterocycles. The molecule has 130 valence electrons. The van der Waals surface area contributed by atoms with Gasteiger partial charge in [-0.2, -0.15) is 0 Å². The van der Waals surface area contributed by atoms with Crippen molar-refractivity contribution in [1.29, 1.82) is 0 Å². The van der Waals surface area contributed by atoms with E-state index < -0.39 is 6.10 Å². The Bertz CT molecular complexity index is 481. The van der Waals surface area contributed by atoms with Crippen LogP contribution in [0.25, 0.3) is 0 Å². The van der Waals surface area contributed by atoms with Gasteiger partial charge in [0.25, 0.3) is 0 Å². The van der Waals surface area contributed by atoms with E-state index in [1.165, 1.54) is 25.5 Å². The molecule has 1 fully saturated rings. The number of rotatable bonds is 6. The van der Waals surface area contributed by atoms with Crippen LogP contribution in [-0.4, -0.2) is 50.3 Å². The van der Waals surface area contributed by atoms with Gasteiger partial charge in [-0.3, -0.25) is 4.90 Å². The third kappa shape index (κ3) is 6.01. The van der Waals surface area contributed by atoms with Crippen LogP contribution in [0.5, 0.6) is 5.75 Å². The van der Waals surface area contributed by atoms with Crippen molar-refractivity contribution in [2.24, 2.45) is 0 Å². The average Bonchev–Trinajstić information content (AvgIpc) is 2.56. The van der Waals surface area contributed by atoms with Crippen LogP contribution >= 0.6 is 12.4 Å². The molecule has 1 saturated heterocycles. The lowest BCUT2D eigenvalue weighted by Gasteiger charge is -2.32. The van der Waals surface area contributed by atoms with Crippen LogP contribution in [0.15, 0.2) is 24.3 Å². The quantitative estimate of drug-likeness (QED) is 0.803. The van der Waals surface area contributed by atoms with Crippen molar-refractivity contribution in [3.05, 3.63) is 29.8 Å². The maximum absolute atomic E-state index is 11.3. The lowest BCUT2D eigenvalue weighted by atomic mass is 10.1. The summed E-state index contributed by atoms with van der Waals surface area (Å²) in [5.41, 5.74) is 1.26. The molecule has 6 heteroatoms. The number of benzene rings is 1. The molecule has 5 nitrogen and oxygen atoms in total. The summed E-state index contributed by atoms with van der Waals surface area (Å²) in [6.07, 6.45) is 1.91. The lowest BCUT2D eigenvalue weighted by molar-refractivity contribution is -0.147. The van der Waals surface area contributed by atoms with Crippen LogP contribution in [0.2, 0.25) is 0 Å². The van der Waals surface area contributed by atoms with Gasteiger partial charge in [-0.15, -0.1) is 12.4 Å². The highest BCUT2D eigenvalue weighted by atomic mass is 35.5. The van der Waals surface area contributed by atoms with Crippen LogP contribution in [0.1, 0.15) is 25.3 Å². The topological polar surface area (TPSA) is 50.8 Å². The number of nitrogens with one attached hydrogen (secondary N) is 1. The standard InChI is InChI=1S/C17H26N2O3.ClH/c1-13(17(20)21-3)22-16-8-6-14(7-9-16)11-19-10-4-5-15(12-19)18-2;/h6-9,13,15,18H,4-5,10-12H2,1-3H3;1H. The fourth-order valence-electron chi connectivity index (χ4n) is 2.78. The maximum atomic E-state index is 11.3. The summed E-state index contributed by atoms with van der Waals surface area (Å²) < 4.78 is 10.2. The summed E-state index contributed by atoms with van der Waals surface area (Å²) in [6.45, 7) is 4.88. The predicted molar refractivity (Wildman–Crippen MR) is 93.2 cm³/mol. The van der Waals surface area contributed by atoms with Gasteiger partial charge in [-0.1, -0.05) is 12.1 Å². The first-order chi connectivity index (χ1) is 10.6. The van der Waals surface area contributed by atoms with E-state index in [1.54, 1.807) is 6.92 Å². The molecule has 0 spiro atoms. The lowest BCUT2D eigenvalue weighted by Crippen LogP contribution is -2.43. The third-order valence-electron chi connectivity index (χ3n) is 4.09. The number of ether oxygens (including phenoxy) is 2.